The van der Waals surface area contributed by atoms with Crippen LogP contribution in [0.4, 0.5) is 4.39 Å². The summed E-state index contributed by atoms with van der Waals surface area (Å²) in [5, 5.41) is 0. The first-order valence-corrected chi connectivity index (χ1v) is 9.21. The molecule has 136 valence electrons. The smallest absolute Gasteiger partial charge is 0.251 e. The van der Waals surface area contributed by atoms with Gasteiger partial charge in [-0.05, 0) is 37.0 Å². The minimum absolute atomic E-state index is 0.124. The van der Waals surface area contributed by atoms with E-state index in [4.69, 9.17) is 9.47 Å². The second-order valence-corrected chi connectivity index (χ2v) is 7.13. The molecular formula is C19H25FN2O3. The van der Waals surface area contributed by atoms with Gasteiger partial charge in [-0.25, -0.2) is 4.39 Å². The summed E-state index contributed by atoms with van der Waals surface area (Å²) in [5.41, 5.74) is 1.12. The second-order valence-electron chi connectivity index (χ2n) is 7.13. The molecule has 0 unspecified atom stereocenters. The summed E-state index contributed by atoms with van der Waals surface area (Å²) in [4.78, 5) is 16.9. The van der Waals surface area contributed by atoms with Crippen molar-refractivity contribution in [2.45, 2.75) is 44.1 Å². The van der Waals surface area contributed by atoms with E-state index in [9.17, 15) is 9.18 Å². The van der Waals surface area contributed by atoms with E-state index in [2.05, 4.69) is 4.90 Å². The van der Waals surface area contributed by atoms with E-state index in [0.29, 0.717) is 32.3 Å². The molecule has 1 aromatic carbocycles. The van der Waals surface area contributed by atoms with Crippen LogP contribution in [0, 0.1) is 5.82 Å². The van der Waals surface area contributed by atoms with E-state index in [1.807, 2.05) is 17.0 Å². The van der Waals surface area contributed by atoms with Crippen molar-refractivity contribution in [3.63, 3.8) is 0 Å². The number of carbonyl (C=O) groups is 1. The largest absolute Gasteiger partial charge is 0.378 e. The van der Waals surface area contributed by atoms with Crippen LogP contribution in [-0.4, -0.2) is 66.8 Å². The SMILES string of the molecule is O=C([C@@H]1CC[C@H]2[C@H](CCN2Cc2ccc(F)cc2)O1)N1CCOCC1. The third-order valence-corrected chi connectivity index (χ3v) is 5.56. The van der Waals surface area contributed by atoms with Crippen molar-refractivity contribution in [3.8, 4) is 0 Å². The third-order valence-electron chi connectivity index (χ3n) is 5.56. The van der Waals surface area contributed by atoms with Gasteiger partial charge in [0.15, 0.2) is 0 Å². The Morgan fingerprint density at radius 3 is 2.60 bits per heavy atom. The number of ether oxygens (including phenoxy) is 2. The van der Waals surface area contributed by atoms with Gasteiger partial charge in [-0.3, -0.25) is 9.69 Å². The quantitative estimate of drug-likeness (QED) is 0.835. The molecule has 0 aliphatic carbocycles. The number of fused-ring (bicyclic) bond motifs is 1. The first kappa shape index (κ1) is 16.9. The van der Waals surface area contributed by atoms with Gasteiger partial charge in [0, 0.05) is 32.2 Å². The molecule has 0 aromatic heterocycles. The predicted molar refractivity (Wildman–Crippen MR) is 90.5 cm³/mol. The number of hydrogen-bond donors (Lipinski definition) is 0. The van der Waals surface area contributed by atoms with Crippen LogP contribution >= 0.6 is 0 Å². The molecule has 0 bridgehead atoms. The average Bonchev–Trinajstić information content (AvgIpc) is 3.06. The maximum absolute atomic E-state index is 13.1. The number of amides is 1. The second kappa shape index (κ2) is 7.40. The van der Waals surface area contributed by atoms with Crippen LogP contribution in [0.25, 0.3) is 0 Å². The Bertz CT molecular complexity index is 603. The monoisotopic (exact) mass is 348 g/mol. The number of rotatable bonds is 3. The maximum Gasteiger partial charge on any atom is 0.251 e. The number of morpholine rings is 1. The lowest BCUT2D eigenvalue weighted by Gasteiger charge is -2.38. The molecule has 1 aromatic rings. The average molecular weight is 348 g/mol. The topological polar surface area (TPSA) is 42.0 Å². The first-order chi connectivity index (χ1) is 12.2. The summed E-state index contributed by atoms with van der Waals surface area (Å²) >= 11 is 0. The van der Waals surface area contributed by atoms with E-state index in [-0.39, 0.29) is 23.9 Å². The van der Waals surface area contributed by atoms with Crippen molar-refractivity contribution in [1.29, 1.82) is 0 Å². The summed E-state index contributed by atoms with van der Waals surface area (Å²) < 4.78 is 24.6. The maximum atomic E-state index is 13.1. The predicted octanol–water partition coefficient (Wildman–Crippen LogP) is 1.81. The standard InChI is InChI=1S/C19H25FN2O3/c20-15-3-1-14(2-4-15)13-22-8-7-17-16(22)5-6-18(25-17)19(23)21-9-11-24-12-10-21/h1-4,16-18H,5-13H2/t16-,17-,18-/m0/s1. The lowest BCUT2D eigenvalue weighted by molar-refractivity contribution is -0.158. The van der Waals surface area contributed by atoms with Gasteiger partial charge in [-0.1, -0.05) is 12.1 Å². The Kier molecular flexibility index (Phi) is 5.01. The Morgan fingerprint density at radius 1 is 1.08 bits per heavy atom. The first-order valence-electron chi connectivity index (χ1n) is 9.21. The fourth-order valence-electron chi connectivity index (χ4n) is 4.20. The Balaban J connectivity index is 1.34. The van der Waals surface area contributed by atoms with Crippen molar-refractivity contribution in [3.05, 3.63) is 35.6 Å². The number of likely N-dealkylation sites (tertiary alicyclic amines) is 1. The number of benzene rings is 1. The van der Waals surface area contributed by atoms with Gasteiger partial charge < -0.3 is 14.4 Å². The highest BCUT2D eigenvalue weighted by Gasteiger charge is 2.42. The van der Waals surface area contributed by atoms with Gasteiger partial charge in [0.1, 0.15) is 11.9 Å². The zero-order valence-electron chi connectivity index (χ0n) is 14.4. The highest BCUT2D eigenvalue weighted by atomic mass is 19.1. The zero-order chi connectivity index (χ0) is 17.2. The molecule has 0 spiro atoms. The van der Waals surface area contributed by atoms with Crippen molar-refractivity contribution in [2.75, 3.05) is 32.8 Å². The van der Waals surface area contributed by atoms with Crippen molar-refractivity contribution in [1.82, 2.24) is 9.80 Å². The molecule has 0 N–H and O–H groups in total. The van der Waals surface area contributed by atoms with Crippen molar-refractivity contribution in [2.24, 2.45) is 0 Å². The molecule has 4 rings (SSSR count). The molecule has 3 atom stereocenters. The molecule has 6 heteroatoms. The van der Waals surface area contributed by atoms with Crippen LogP contribution in [0.3, 0.4) is 0 Å². The van der Waals surface area contributed by atoms with E-state index in [1.54, 1.807) is 0 Å². The number of carbonyl (C=O) groups excluding carboxylic acids is 1. The molecule has 3 fully saturated rings. The Hall–Kier alpha value is -1.50. The van der Waals surface area contributed by atoms with Gasteiger partial charge in [0.2, 0.25) is 0 Å². The molecule has 3 aliphatic heterocycles. The van der Waals surface area contributed by atoms with Crippen molar-refractivity contribution < 1.29 is 18.7 Å². The lowest BCUT2D eigenvalue weighted by atomic mass is 9.98. The molecule has 0 saturated carbocycles. The Labute approximate surface area is 147 Å². The number of nitrogens with zero attached hydrogens (tertiary/aromatic N) is 2. The van der Waals surface area contributed by atoms with Crippen LogP contribution in [-0.2, 0) is 20.8 Å². The summed E-state index contributed by atoms with van der Waals surface area (Å²) in [6.07, 6.45) is 2.54. The minimum atomic E-state index is -0.301. The van der Waals surface area contributed by atoms with E-state index < -0.39 is 0 Å². The molecule has 3 heterocycles. The van der Waals surface area contributed by atoms with E-state index >= 15 is 0 Å². The van der Waals surface area contributed by atoms with Gasteiger partial charge in [0.05, 0.1) is 19.3 Å². The molecule has 3 saturated heterocycles. The van der Waals surface area contributed by atoms with Crippen molar-refractivity contribution >= 4 is 5.91 Å². The molecule has 0 radical (unpaired) electrons. The molecule has 25 heavy (non-hydrogen) atoms. The summed E-state index contributed by atoms with van der Waals surface area (Å²) in [6.45, 7) is 4.36. The van der Waals surface area contributed by atoms with Gasteiger partial charge in [-0.15, -0.1) is 0 Å². The molecule has 5 nitrogen and oxygen atoms in total. The van der Waals surface area contributed by atoms with Crippen LogP contribution in [0.15, 0.2) is 24.3 Å². The molecule has 3 aliphatic rings. The fraction of sp³-hybridized carbons (Fsp3) is 0.632. The Morgan fingerprint density at radius 2 is 1.84 bits per heavy atom. The van der Waals surface area contributed by atoms with Crippen LogP contribution < -0.4 is 0 Å². The van der Waals surface area contributed by atoms with Crippen LogP contribution in [0.1, 0.15) is 24.8 Å². The highest BCUT2D eigenvalue weighted by molar-refractivity contribution is 5.81. The fourth-order valence-corrected chi connectivity index (χ4v) is 4.20. The van der Waals surface area contributed by atoms with Crippen LogP contribution in [0.5, 0.6) is 0 Å². The van der Waals surface area contributed by atoms with Gasteiger partial charge in [0.25, 0.3) is 5.91 Å². The number of hydrogen-bond acceptors (Lipinski definition) is 4. The number of halogens is 1. The lowest BCUT2D eigenvalue weighted by Crippen LogP contribution is -2.51. The molecule has 1 amide bonds. The highest BCUT2D eigenvalue weighted by Crippen LogP contribution is 2.33. The normalized spacial score (nSPS) is 30.3. The van der Waals surface area contributed by atoms with Gasteiger partial charge in [-0.2, -0.15) is 0 Å². The van der Waals surface area contributed by atoms with Crippen LogP contribution in [0.2, 0.25) is 0 Å². The molecular weight excluding hydrogens is 323 g/mol. The van der Waals surface area contributed by atoms with Gasteiger partial charge >= 0.3 is 0 Å². The summed E-state index contributed by atoms with van der Waals surface area (Å²) in [5.74, 6) is -0.0766. The summed E-state index contributed by atoms with van der Waals surface area (Å²) in [7, 11) is 0. The van der Waals surface area contributed by atoms with E-state index in [0.717, 1.165) is 37.9 Å². The minimum Gasteiger partial charge on any atom is -0.378 e. The third kappa shape index (κ3) is 3.71. The zero-order valence-corrected chi connectivity index (χ0v) is 14.4. The van der Waals surface area contributed by atoms with E-state index in [1.165, 1.54) is 12.1 Å². The summed E-state index contributed by atoms with van der Waals surface area (Å²) in [6, 6.07) is 7.07.